The highest BCUT2D eigenvalue weighted by molar-refractivity contribution is 7.92. The molecule has 2 aromatic rings. The minimum Gasteiger partial charge on any atom is -0.506 e. The van der Waals surface area contributed by atoms with Crippen molar-refractivity contribution in [2.24, 2.45) is 0 Å². The highest BCUT2D eigenvalue weighted by Crippen LogP contribution is 2.28. The van der Waals surface area contributed by atoms with Gasteiger partial charge < -0.3 is 9.63 Å². The molecule has 0 fully saturated rings. The fraction of sp³-hybridized carbons (Fsp3) is 0.182. The van der Waals surface area contributed by atoms with Gasteiger partial charge in [0.15, 0.2) is 10.7 Å². The zero-order chi connectivity index (χ0) is 14.2. The van der Waals surface area contributed by atoms with E-state index in [1.165, 1.54) is 13.8 Å². The second kappa shape index (κ2) is 4.54. The minimum atomic E-state index is -3.96. The van der Waals surface area contributed by atoms with E-state index in [-0.39, 0.29) is 22.0 Å². The highest BCUT2D eigenvalue weighted by atomic mass is 32.2. The molecule has 1 heterocycles. The molecule has 0 atom stereocenters. The van der Waals surface area contributed by atoms with E-state index < -0.39 is 21.6 Å². The Balaban J connectivity index is 2.42. The molecule has 0 spiro atoms. The van der Waals surface area contributed by atoms with Crippen LogP contribution in [0.25, 0.3) is 0 Å². The van der Waals surface area contributed by atoms with E-state index in [2.05, 4.69) is 9.88 Å². The van der Waals surface area contributed by atoms with Gasteiger partial charge in [-0.3, -0.25) is 4.72 Å². The fourth-order valence-corrected chi connectivity index (χ4v) is 3.05. The molecular formula is C11H11FN2O4S. The first-order valence-corrected chi connectivity index (χ1v) is 6.74. The number of benzene rings is 1. The van der Waals surface area contributed by atoms with Crippen molar-refractivity contribution < 1.29 is 22.4 Å². The van der Waals surface area contributed by atoms with Crippen LogP contribution in [0.3, 0.4) is 0 Å². The van der Waals surface area contributed by atoms with E-state index in [0.717, 1.165) is 18.2 Å². The molecule has 2 N–H and O–H groups in total. The molecular weight excluding hydrogens is 275 g/mol. The van der Waals surface area contributed by atoms with Gasteiger partial charge in [0.25, 0.3) is 10.0 Å². The molecule has 1 aromatic carbocycles. The number of anilines is 1. The van der Waals surface area contributed by atoms with Crippen molar-refractivity contribution in [1.29, 1.82) is 0 Å². The lowest BCUT2D eigenvalue weighted by Gasteiger charge is -2.09. The number of hydrogen-bond donors (Lipinski definition) is 2. The topological polar surface area (TPSA) is 92.4 Å². The number of phenols is 1. The van der Waals surface area contributed by atoms with E-state index in [4.69, 9.17) is 4.52 Å². The SMILES string of the molecule is Cc1noc(C)c1S(=O)(=O)Nc1ccc(F)cc1O. The molecule has 8 heteroatoms. The van der Waals surface area contributed by atoms with E-state index >= 15 is 0 Å². The summed E-state index contributed by atoms with van der Waals surface area (Å²) in [6.07, 6.45) is 0. The Hall–Kier alpha value is -2.09. The van der Waals surface area contributed by atoms with Gasteiger partial charge in [-0.1, -0.05) is 5.16 Å². The molecule has 1 aromatic heterocycles. The summed E-state index contributed by atoms with van der Waals surface area (Å²) in [5.74, 6) is -1.04. The van der Waals surface area contributed by atoms with Crippen LogP contribution in [0, 0.1) is 19.7 Å². The fourth-order valence-electron chi connectivity index (χ4n) is 1.65. The zero-order valence-electron chi connectivity index (χ0n) is 10.1. The molecule has 0 bridgehead atoms. The lowest BCUT2D eigenvalue weighted by atomic mass is 10.3. The Kier molecular flexibility index (Phi) is 3.19. The van der Waals surface area contributed by atoms with Gasteiger partial charge in [0.2, 0.25) is 0 Å². The van der Waals surface area contributed by atoms with Crippen molar-refractivity contribution in [2.45, 2.75) is 18.7 Å². The first-order valence-electron chi connectivity index (χ1n) is 5.25. The van der Waals surface area contributed by atoms with Gasteiger partial charge in [-0.15, -0.1) is 0 Å². The molecule has 0 aliphatic rings. The van der Waals surface area contributed by atoms with Crippen LogP contribution in [0.5, 0.6) is 5.75 Å². The van der Waals surface area contributed by atoms with Crippen LogP contribution in [0.1, 0.15) is 11.5 Å². The smallest absolute Gasteiger partial charge is 0.267 e. The molecule has 19 heavy (non-hydrogen) atoms. The number of nitrogens with zero attached hydrogens (tertiary/aromatic N) is 1. The maximum absolute atomic E-state index is 12.8. The van der Waals surface area contributed by atoms with Crippen molar-refractivity contribution in [3.63, 3.8) is 0 Å². The van der Waals surface area contributed by atoms with Gasteiger partial charge >= 0.3 is 0 Å². The van der Waals surface area contributed by atoms with Crippen molar-refractivity contribution in [3.05, 3.63) is 35.5 Å². The molecule has 0 saturated heterocycles. The van der Waals surface area contributed by atoms with Crippen molar-refractivity contribution >= 4 is 15.7 Å². The third kappa shape index (κ3) is 2.53. The van der Waals surface area contributed by atoms with Crippen LogP contribution >= 0.6 is 0 Å². The Morgan fingerprint density at radius 1 is 1.37 bits per heavy atom. The maximum atomic E-state index is 12.8. The monoisotopic (exact) mass is 286 g/mol. The first-order chi connectivity index (χ1) is 8.81. The second-order valence-corrected chi connectivity index (χ2v) is 5.54. The van der Waals surface area contributed by atoms with Gasteiger partial charge in [0, 0.05) is 6.07 Å². The van der Waals surface area contributed by atoms with Crippen LogP contribution in [-0.4, -0.2) is 18.7 Å². The largest absolute Gasteiger partial charge is 0.506 e. The van der Waals surface area contributed by atoms with Crippen LogP contribution in [0.2, 0.25) is 0 Å². The van der Waals surface area contributed by atoms with Crippen LogP contribution in [0.4, 0.5) is 10.1 Å². The number of aryl methyl sites for hydroxylation is 2. The molecule has 0 aliphatic carbocycles. The molecule has 0 radical (unpaired) electrons. The summed E-state index contributed by atoms with van der Waals surface area (Å²) in [4.78, 5) is -0.101. The Morgan fingerprint density at radius 3 is 2.58 bits per heavy atom. The standard InChI is InChI=1S/C11H11FN2O4S/c1-6-11(7(2)18-13-6)19(16,17)14-9-4-3-8(12)5-10(9)15/h3-5,14-15H,1-2H3. The van der Waals surface area contributed by atoms with E-state index in [1.807, 2.05) is 0 Å². The number of nitrogens with one attached hydrogen (secondary N) is 1. The third-order valence-electron chi connectivity index (χ3n) is 2.44. The first kappa shape index (κ1) is 13.3. The van der Waals surface area contributed by atoms with Crippen molar-refractivity contribution in [3.8, 4) is 5.75 Å². The number of phenolic OH excluding ortho intramolecular Hbond substituents is 1. The van der Waals surface area contributed by atoms with Crippen LogP contribution in [-0.2, 0) is 10.0 Å². The predicted octanol–water partition coefficient (Wildman–Crippen LogP) is 1.94. The molecule has 6 nitrogen and oxygen atoms in total. The van der Waals surface area contributed by atoms with E-state index in [9.17, 15) is 17.9 Å². The number of hydrogen-bond acceptors (Lipinski definition) is 5. The average molecular weight is 286 g/mol. The molecule has 0 unspecified atom stereocenters. The Labute approximate surface area is 108 Å². The lowest BCUT2D eigenvalue weighted by molar-refractivity contribution is 0.390. The summed E-state index contributed by atoms with van der Waals surface area (Å²) in [5.41, 5.74) is 0.0769. The van der Waals surface area contributed by atoms with Crippen LogP contribution in [0.15, 0.2) is 27.6 Å². The summed E-state index contributed by atoms with van der Waals surface area (Å²) in [6, 6.07) is 2.97. The zero-order valence-corrected chi connectivity index (χ0v) is 11.0. The Morgan fingerprint density at radius 2 is 2.05 bits per heavy atom. The summed E-state index contributed by atoms with van der Waals surface area (Å²) in [7, 11) is -3.96. The van der Waals surface area contributed by atoms with E-state index in [0.29, 0.717) is 0 Å². The number of rotatable bonds is 3. The predicted molar refractivity (Wildman–Crippen MR) is 64.9 cm³/mol. The quantitative estimate of drug-likeness (QED) is 0.841. The normalized spacial score (nSPS) is 11.5. The average Bonchev–Trinajstić information content (AvgIpc) is 2.63. The number of halogens is 1. The molecule has 2 rings (SSSR count). The summed E-state index contributed by atoms with van der Waals surface area (Å²) in [6.45, 7) is 2.94. The van der Waals surface area contributed by atoms with Gasteiger partial charge in [0.05, 0.1) is 5.69 Å². The number of aromatic hydroxyl groups is 1. The molecule has 0 aliphatic heterocycles. The summed E-state index contributed by atoms with van der Waals surface area (Å²) in [5, 5.41) is 13.0. The lowest BCUT2D eigenvalue weighted by Crippen LogP contribution is -2.14. The van der Waals surface area contributed by atoms with Gasteiger partial charge in [-0.05, 0) is 26.0 Å². The molecule has 0 saturated carbocycles. The van der Waals surface area contributed by atoms with Crippen molar-refractivity contribution in [2.75, 3.05) is 4.72 Å². The van der Waals surface area contributed by atoms with Gasteiger partial charge in [0.1, 0.15) is 17.3 Å². The van der Waals surface area contributed by atoms with E-state index in [1.54, 1.807) is 0 Å². The van der Waals surface area contributed by atoms with Gasteiger partial charge in [-0.2, -0.15) is 0 Å². The highest BCUT2D eigenvalue weighted by Gasteiger charge is 2.25. The summed E-state index contributed by atoms with van der Waals surface area (Å²) >= 11 is 0. The maximum Gasteiger partial charge on any atom is 0.267 e. The minimum absolute atomic E-state index is 0.101. The Bertz CT molecular complexity index is 705. The van der Waals surface area contributed by atoms with Crippen LogP contribution < -0.4 is 4.72 Å². The third-order valence-corrected chi connectivity index (χ3v) is 4.05. The van der Waals surface area contributed by atoms with Gasteiger partial charge in [-0.25, -0.2) is 12.8 Å². The number of aromatic nitrogens is 1. The second-order valence-electron chi connectivity index (χ2n) is 3.92. The van der Waals surface area contributed by atoms with Crippen molar-refractivity contribution in [1.82, 2.24) is 5.16 Å². The molecule has 102 valence electrons. The molecule has 0 amide bonds. The number of sulfonamides is 1. The summed E-state index contributed by atoms with van der Waals surface area (Å²) < 4.78 is 44.0.